The molecule has 0 radical (unpaired) electrons. The van der Waals surface area contributed by atoms with E-state index in [1.807, 2.05) is 0 Å². The number of hydrogen-bond acceptors (Lipinski definition) is 5. The predicted molar refractivity (Wildman–Crippen MR) is 63.1 cm³/mol. The van der Waals surface area contributed by atoms with E-state index in [2.05, 4.69) is 9.44 Å². The Balaban J connectivity index is 2.86. The minimum Gasteiger partial charge on any atom is -0.293 e. The standard InChI is InChI=1S/C11H13NO4S/c1-3-11(13)9(2)12-16-17(14,15)10-7-5-4-6-8-10/h4-8H,3H2,1-2H3. The molecule has 0 saturated heterocycles. The van der Waals surface area contributed by atoms with Crippen molar-refractivity contribution in [3.8, 4) is 0 Å². The Morgan fingerprint density at radius 1 is 1.29 bits per heavy atom. The molecule has 0 heterocycles. The molecule has 1 rings (SSSR count). The molecule has 0 amide bonds. The highest BCUT2D eigenvalue weighted by Gasteiger charge is 2.15. The van der Waals surface area contributed by atoms with Crippen LogP contribution in [0, 0.1) is 0 Å². The molecule has 17 heavy (non-hydrogen) atoms. The number of hydrogen-bond donors (Lipinski definition) is 0. The molecule has 0 saturated carbocycles. The lowest BCUT2D eigenvalue weighted by Crippen LogP contribution is -2.11. The molecule has 1 aromatic carbocycles. The van der Waals surface area contributed by atoms with Crippen molar-refractivity contribution in [2.75, 3.05) is 0 Å². The van der Waals surface area contributed by atoms with Gasteiger partial charge in [0, 0.05) is 6.42 Å². The molecule has 92 valence electrons. The van der Waals surface area contributed by atoms with E-state index in [4.69, 9.17) is 0 Å². The summed E-state index contributed by atoms with van der Waals surface area (Å²) in [6.07, 6.45) is 0.254. The average molecular weight is 255 g/mol. The van der Waals surface area contributed by atoms with Gasteiger partial charge in [0.25, 0.3) is 0 Å². The quantitative estimate of drug-likeness (QED) is 0.593. The largest absolute Gasteiger partial charge is 0.358 e. The normalized spacial score (nSPS) is 12.2. The van der Waals surface area contributed by atoms with Crippen molar-refractivity contribution in [2.45, 2.75) is 25.2 Å². The summed E-state index contributed by atoms with van der Waals surface area (Å²) in [4.78, 5) is 11.2. The molecule has 0 fully saturated rings. The number of oxime groups is 1. The topological polar surface area (TPSA) is 72.8 Å². The van der Waals surface area contributed by atoms with Gasteiger partial charge in [-0.1, -0.05) is 30.3 Å². The zero-order chi connectivity index (χ0) is 12.9. The maximum Gasteiger partial charge on any atom is 0.358 e. The van der Waals surface area contributed by atoms with Crippen LogP contribution in [0.2, 0.25) is 0 Å². The second-order valence-corrected chi connectivity index (χ2v) is 4.82. The van der Waals surface area contributed by atoms with Gasteiger partial charge in [-0.15, -0.1) is 0 Å². The first-order chi connectivity index (χ1) is 7.97. The van der Waals surface area contributed by atoms with Gasteiger partial charge in [-0.2, -0.15) is 8.42 Å². The van der Waals surface area contributed by atoms with E-state index < -0.39 is 10.1 Å². The Morgan fingerprint density at radius 3 is 2.41 bits per heavy atom. The van der Waals surface area contributed by atoms with Crippen molar-refractivity contribution in [3.63, 3.8) is 0 Å². The Hall–Kier alpha value is -1.69. The van der Waals surface area contributed by atoms with E-state index in [9.17, 15) is 13.2 Å². The molecule has 0 aliphatic carbocycles. The van der Waals surface area contributed by atoms with Crippen LogP contribution in [-0.4, -0.2) is 19.9 Å². The first-order valence-electron chi connectivity index (χ1n) is 5.04. The summed E-state index contributed by atoms with van der Waals surface area (Å²) < 4.78 is 27.7. The van der Waals surface area contributed by atoms with Gasteiger partial charge in [-0.05, 0) is 19.1 Å². The maximum atomic E-state index is 11.6. The number of benzene rings is 1. The molecular weight excluding hydrogens is 242 g/mol. The number of ketones is 1. The van der Waals surface area contributed by atoms with Gasteiger partial charge in [-0.3, -0.25) is 9.08 Å². The van der Waals surface area contributed by atoms with Crippen LogP contribution in [0.1, 0.15) is 20.3 Å². The van der Waals surface area contributed by atoms with Crippen molar-refractivity contribution in [1.82, 2.24) is 0 Å². The highest BCUT2D eigenvalue weighted by Crippen LogP contribution is 2.11. The van der Waals surface area contributed by atoms with Crippen LogP contribution in [0.25, 0.3) is 0 Å². The van der Waals surface area contributed by atoms with E-state index in [1.165, 1.54) is 19.1 Å². The SMILES string of the molecule is CCC(=O)C(C)=NOS(=O)(=O)c1ccccc1. The van der Waals surface area contributed by atoms with Crippen LogP contribution in [0.3, 0.4) is 0 Å². The van der Waals surface area contributed by atoms with Gasteiger partial charge >= 0.3 is 10.1 Å². The van der Waals surface area contributed by atoms with Gasteiger partial charge in [0.15, 0.2) is 5.78 Å². The van der Waals surface area contributed by atoms with Gasteiger partial charge in [0.1, 0.15) is 10.6 Å². The van der Waals surface area contributed by atoms with Gasteiger partial charge in [0.05, 0.1) is 0 Å². The molecule has 0 atom stereocenters. The lowest BCUT2D eigenvalue weighted by atomic mass is 10.2. The molecule has 0 N–H and O–H groups in total. The number of rotatable bonds is 5. The Bertz CT molecular complexity index is 520. The number of nitrogens with zero attached hydrogens (tertiary/aromatic N) is 1. The second kappa shape index (κ2) is 5.58. The Labute approximate surface area is 100 Å². The fraction of sp³-hybridized carbons (Fsp3) is 0.273. The zero-order valence-electron chi connectivity index (χ0n) is 9.58. The molecule has 0 aromatic heterocycles. The summed E-state index contributed by atoms with van der Waals surface area (Å²) in [6.45, 7) is 3.07. The third-order valence-corrected chi connectivity index (χ3v) is 3.15. The number of carbonyl (C=O) groups excluding carboxylic acids is 1. The molecular formula is C11H13NO4S. The van der Waals surface area contributed by atoms with Crippen LogP contribution in [0.5, 0.6) is 0 Å². The van der Waals surface area contributed by atoms with Crippen LogP contribution in [0.15, 0.2) is 40.4 Å². The van der Waals surface area contributed by atoms with E-state index in [0.717, 1.165) is 0 Å². The molecule has 1 aromatic rings. The fourth-order valence-corrected chi connectivity index (χ4v) is 1.83. The van der Waals surface area contributed by atoms with E-state index in [1.54, 1.807) is 25.1 Å². The van der Waals surface area contributed by atoms with E-state index in [-0.39, 0.29) is 22.8 Å². The molecule has 5 nitrogen and oxygen atoms in total. The fourth-order valence-electron chi connectivity index (χ4n) is 1.04. The lowest BCUT2D eigenvalue weighted by molar-refractivity contribution is -0.112. The summed E-state index contributed by atoms with van der Waals surface area (Å²) in [5.41, 5.74) is 0.0343. The van der Waals surface area contributed by atoms with Crippen LogP contribution >= 0.6 is 0 Å². The molecule has 0 aliphatic rings. The first-order valence-corrected chi connectivity index (χ1v) is 6.44. The summed E-state index contributed by atoms with van der Waals surface area (Å²) in [6, 6.07) is 7.62. The van der Waals surface area contributed by atoms with Crippen LogP contribution in [-0.2, 0) is 19.2 Å². The van der Waals surface area contributed by atoms with Gasteiger partial charge in [0.2, 0.25) is 0 Å². The second-order valence-electron chi connectivity index (χ2n) is 3.30. The van der Waals surface area contributed by atoms with Crippen molar-refractivity contribution in [3.05, 3.63) is 30.3 Å². The van der Waals surface area contributed by atoms with Crippen molar-refractivity contribution < 1.29 is 17.5 Å². The minimum atomic E-state index is -3.94. The van der Waals surface area contributed by atoms with Gasteiger partial charge < -0.3 is 0 Å². The minimum absolute atomic E-state index is 0.000461. The van der Waals surface area contributed by atoms with Gasteiger partial charge in [-0.25, -0.2) is 0 Å². The van der Waals surface area contributed by atoms with E-state index in [0.29, 0.717) is 0 Å². The van der Waals surface area contributed by atoms with Crippen LogP contribution in [0.4, 0.5) is 0 Å². The van der Waals surface area contributed by atoms with Crippen molar-refractivity contribution in [2.24, 2.45) is 5.16 Å². The van der Waals surface area contributed by atoms with Crippen molar-refractivity contribution >= 4 is 21.6 Å². The molecule has 0 spiro atoms. The molecule has 0 aliphatic heterocycles. The molecule has 6 heteroatoms. The monoisotopic (exact) mass is 255 g/mol. The van der Waals surface area contributed by atoms with E-state index >= 15 is 0 Å². The third kappa shape index (κ3) is 3.67. The summed E-state index contributed by atoms with van der Waals surface area (Å²) >= 11 is 0. The van der Waals surface area contributed by atoms with Crippen molar-refractivity contribution in [1.29, 1.82) is 0 Å². The third-order valence-electron chi connectivity index (χ3n) is 2.03. The zero-order valence-corrected chi connectivity index (χ0v) is 10.4. The lowest BCUT2D eigenvalue weighted by Gasteiger charge is -2.01. The summed E-state index contributed by atoms with van der Waals surface area (Å²) in [7, 11) is -3.94. The highest BCUT2D eigenvalue weighted by molar-refractivity contribution is 7.86. The summed E-state index contributed by atoms with van der Waals surface area (Å²) in [5.74, 6) is -0.256. The molecule has 0 bridgehead atoms. The smallest absolute Gasteiger partial charge is 0.293 e. The Morgan fingerprint density at radius 2 is 1.88 bits per heavy atom. The highest BCUT2D eigenvalue weighted by atomic mass is 32.2. The maximum absolute atomic E-state index is 11.6. The number of Topliss-reactive ketones (excluding diaryl/α,β-unsaturated/α-hetero) is 1. The molecule has 0 unspecified atom stereocenters. The predicted octanol–water partition coefficient (Wildman–Crippen LogP) is 1.75. The van der Waals surface area contributed by atoms with Crippen LogP contribution < -0.4 is 0 Å². The number of carbonyl (C=O) groups is 1. The first kappa shape index (κ1) is 13.4. The Kier molecular flexibility index (Phi) is 4.39. The summed E-state index contributed by atoms with van der Waals surface area (Å²) in [5, 5.41) is 3.32. The average Bonchev–Trinajstić information content (AvgIpc) is 2.36.